The van der Waals surface area contributed by atoms with E-state index in [4.69, 9.17) is 11.6 Å². The summed E-state index contributed by atoms with van der Waals surface area (Å²) in [6, 6.07) is 8.38. The van der Waals surface area contributed by atoms with E-state index >= 15 is 0 Å². The number of benzene rings is 1. The van der Waals surface area contributed by atoms with Crippen LogP contribution in [0.3, 0.4) is 0 Å². The molecule has 1 saturated heterocycles. The Kier molecular flexibility index (Phi) is 5.65. The highest BCUT2D eigenvalue weighted by Crippen LogP contribution is 2.27. The first kappa shape index (κ1) is 17.8. The van der Waals surface area contributed by atoms with Crippen LogP contribution in [0.5, 0.6) is 0 Å². The van der Waals surface area contributed by atoms with Crippen LogP contribution < -0.4 is 10.6 Å². The minimum atomic E-state index is -0.507. The number of nitrogens with zero attached hydrogens (tertiary/aromatic N) is 1. The maximum absolute atomic E-state index is 12.2. The summed E-state index contributed by atoms with van der Waals surface area (Å²) in [6.45, 7) is 0.194. The Morgan fingerprint density at radius 3 is 2.72 bits per heavy atom. The average molecular weight is 362 g/mol. The summed E-state index contributed by atoms with van der Waals surface area (Å²) in [4.78, 5) is 16.2. The highest BCUT2D eigenvalue weighted by Gasteiger charge is 2.29. The molecule has 3 rings (SSSR count). The van der Waals surface area contributed by atoms with Crippen molar-refractivity contribution in [3.05, 3.63) is 53.3 Å². The Morgan fingerprint density at radius 2 is 2.12 bits per heavy atom. The molecule has 0 aliphatic carbocycles. The van der Waals surface area contributed by atoms with Gasteiger partial charge >= 0.3 is 0 Å². The molecule has 0 bridgehead atoms. The topological polar surface area (TPSA) is 94.5 Å². The van der Waals surface area contributed by atoms with Crippen LogP contribution in [0.15, 0.2) is 42.7 Å². The summed E-state index contributed by atoms with van der Waals surface area (Å²) >= 11 is 6.15. The summed E-state index contributed by atoms with van der Waals surface area (Å²) in [6.07, 6.45) is 3.14. The first-order chi connectivity index (χ1) is 12.1. The van der Waals surface area contributed by atoms with Crippen molar-refractivity contribution in [3.8, 4) is 11.1 Å². The summed E-state index contributed by atoms with van der Waals surface area (Å²) in [5.74, 6) is -0.225. The molecule has 1 fully saturated rings. The van der Waals surface area contributed by atoms with Crippen LogP contribution in [0.4, 0.5) is 0 Å². The molecule has 1 aliphatic rings. The summed E-state index contributed by atoms with van der Waals surface area (Å²) in [5, 5.41) is 25.5. The van der Waals surface area contributed by atoms with Crippen LogP contribution in [-0.2, 0) is 4.79 Å². The fourth-order valence-corrected chi connectivity index (χ4v) is 3.16. The van der Waals surface area contributed by atoms with Gasteiger partial charge in [-0.05, 0) is 23.6 Å². The first-order valence-electron chi connectivity index (χ1n) is 8.11. The second kappa shape index (κ2) is 7.93. The predicted octanol–water partition coefficient (Wildman–Crippen LogP) is 1.27. The second-order valence-electron chi connectivity index (χ2n) is 6.07. The van der Waals surface area contributed by atoms with Gasteiger partial charge in [0.15, 0.2) is 0 Å². The molecule has 1 aromatic carbocycles. The summed E-state index contributed by atoms with van der Waals surface area (Å²) in [7, 11) is 0. The monoisotopic (exact) mass is 361 g/mol. The third kappa shape index (κ3) is 4.16. The van der Waals surface area contributed by atoms with E-state index in [1.807, 2.05) is 30.3 Å². The van der Waals surface area contributed by atoms with E-state index in [9.17, 15) is 15.0 Å². The number of halogens is 1. The Morgan fingerprint density at radius 1 is 1.36 bits per heavy atom. The van der Waals surface area contributed by atoms with E-state index < -0.39 is 18.2 Å². The van der Waals surface area contributed by atoms with Crippen LogP contribution >= 0.6 is 11.6 Å². The maximum Gasteiger partial charge on any atom is 0.237 e. The fraction of sp³-hybridized carbons (Fsp3) is 0.333. The van der Waals surface area contributed by atoms with E-state index in [1.54, 1.807) is 12.4 Å². The molecule has 7 heteroatoms. The number of nitrogens with one attached hydrogen (secondary N) is 2. The number of aromatic nitrogens is 1. The lowest BCUT2D eigenvalue weighted by Crippen LogP contribution is -2.42. The van der Waals surface area contributed by atoms with E-state index in [2.05, 4.69) is 15.6 Å². The van der Waals surface area contributed by atoms with Crippen LogP contribution in [0, 0.1) is 0 Å². The Labute approximate surface area is 150 Å². The molecule has 0 saturated carbocycles. The molecule has 0 unspecified atom stereocenters. The lowest BCUT2D eigenvalue weighted by Gasteiger charge is -2.20. The molecule has 1 aromatic heterocycles. The smallest absolute Gasteiger partial charge is 0.237 e. The third-order valence-electron chi connectivity index (χ3n) is 4.32. The molecule has 1 amide bonds. The number of amides is 1. The van der Waals surface area contributed by atoms with Gasteiger partial charge in [-0.25, -0.2) is 0 Å². The zero-order chi connectivity index (χ0) is 17.8. The molecule has 132 valence electrons. The zero-order valence-electron chi connectivity index (χ0n) is 13.5. The molecule has 4 N–H and O–H groups in total. The lowest BCUT2D eigenvalue weighted by molar-refractivity contribution is -0.124. The van der Waals surface area contributed by atoms with Gasteiger partial charge in [0.05, 0.1) is 29.8 Å². The van der Waals surface area contributed by atoms with Crippen molar-refractivity contribution in [3.63, 3.8) is 0 Å². The largest absolute Gasteiger partial charge is 0.394 e. The van der Waals surface area contributed by atoms with Crippen LogP contribution in [0.25, 0.3) is 11.1 Å². The Balaban J connectivity index is 1.71. The molecule has 0 spiro atoms. The number of β-amino-alcohol motifs (C(OH)–C–C–N with tert-alkyl or cyclic N) is 1. The van der Waals surface area contributed by atoms with Crippen LogP contribution in [-0.4, -0.2) is 46.4 Å². The minimum Gasteiger partial charge on any atom is -0.394 e. The number of aliphatic hydroxyl groups is 2. The number of hydrogen-bond acceptors (Lipinski definition) is 5. The normalized spacial score (nSPS) is 21.1. The highest BCUT2D eigenvalue weighted by molar-refractivity contribution is 6.33. The summed E-state index contributed by atoms with van der Waals surface area (Å²) in [5.41, 5.74) is 2.60. The van der Waals surface area contributed by atoms with Crippen molar-refractivity contribution in [2.24, 2.45) is 0 Å². The van der Waals surface area contributed by atoms with Gasteiger partial charge in [-0.15, -0.1) is 0 Å². The van der Waals surface area contributed by atoms with Crippen LogP contribution in [0.2, 0.25) is 5.02 Å². The summed E-state index contributed by atoms with van der Waals surface area (Å²) < 4.78 is 0. The van der Waals surface area contributed by atoms with Crippen molar-refractivity contribution in [2.75, 3.05) is 13.2 Å². The SMILES string of the molecule is O=C(N[C@@H](CO)c1ccc(-c2ccncc2Cl)cc1)[C@@H]1C[C@@H](O)CN1. The van der Waals surface area contributed by atoms with Gasteiger partial charge in [0.1, 0.15) is 0 Å². The standard InChI is InChI=1S/C18H20ClN3O3/c19-15-9-20-6-5-14(15)11-1-3-12(4-2-11)17(10-23)22-18(25)16-7-13(24)8-21-16/h1-6,9,13,16-17,21,23-24H,7-8,10H2,(H,22,25)/t13-,16+,17+/m1/s1. The van der Waals surface area contributed by atoms with Gasteiger partial charge in [0, 0.05) is 24.5 Å². The van der Waals surface area contributed by atoms with Crippen molar-refractivity contribution in [2.45, 2.75) is 24.6 Å². The predicted molar refractivity (Wildman–Crippen MR) is 95.1 cm³/mol. The fourth-order valence-electron chi connectivity index (χ4n) is 2.93. The Hall–Kier alpha value is -1.99. The molecule has 2 aromatic rings. The van der Waals surface area contributed by atoms with E-state index in [-0.39, 0.29) is 12.5 Å². The van der Waals surface area contributed by atoms with Crippen LogP contribution in [0.1, 0.15) is 18.0 Å². The van der Waals surface area contributed by atoms with Gasteiger partial charge in [0.2, 0.25) is 5.91 Å². The average Bonchev–Trinajstić information content (AvgIpc) is 3.07. The number of carbonyl (C=O) groups excluding carboxylic acids is 1. The van der Waals surface area contributed by atoms with Crippen molar-refractivity contribution < 1.29 is 15.0 Å². The number of aliphatic hydroxyl groups excluding tert-OH is 2. The Bertz CT molecular complexity index is 739. The molecule has 3 atom stereocenters. The van der Waals surface area contributed by atoms with Crippen molar-refractivity contribution in [1.82, 2.24) is 15.6 Å². The molecule has 1 aliphatic heterocycles. The van der Waals surface area contributed by atoms with E-state index in [1.165, 1.54) is 0 Å². The molecule has 25 heavy (non-hydrogen) atoms. The van der Waals surface area contributed by atoms with Crippen molar-refractivity contribution >= 4 is 17.5 Å². The number of hydrogen-bond donors (Lipinski definition) is 4. The molecule has 6 nitrogen and oxygen atoms in total. The zero-order valence-corrected chi connectivity index (χ0v) is 14.3. The molecule has 0 radical (unpaired) electrons. The minimum absolute atomic E-state index is 0.212. The van der Waals surface area contributed by atoms with Gasteiger partial charge in [-0.1, -0.05) is 35.9 Å². The number of carbonyl (C=O) groups is 1. The maximum atomic E-state index is 12.2. The molecular formula is C18H20ClN3O3. The first-order valence-corrected chi connectivity index (χ1v) is 8.49. The van der Waals surface area contributed by atoms with Gasteiger partial charge in [0.25, 0.3) is 0 Å². The number of rotatable bonds is 5. The lowest BCUT2D eigenvalue weighted by atomic mass is 10.0. The quantitative estimate of drug-likeness (QED) is 0.643. The van der Waals surface area contributed by atoms with E-state index in [0.29, 0.717) is 18.0 Å². The highest BCUT2D eigenvalue weighted by atomic mass is 35.5. The third-order valence-corrected chi connectivity index (χ3v) is 4.62. The van der Waals surface area contributed by atoms with Gasteiger partial charge in [-0.3, -0.25) is 9.78 Å². The van der Waals surface area contributed by atoms with E-state index in [0.717, 1.165) is 16.7 Å². The molecular weight excluding hydrogens is 342 g/mol. The van der Waals surface area contributed by atoms with Gasteiger partial charge < -0.3 is 20.8 Å². The molecule has 2 heterocycles. The van der Waals surface area contributed by atoms with Crippen molar-refractivity contribution in [1.29, 1.82) is 0 Å². The van der Waals surface area contributed by atoms with Gasteiger partial charge in [-0.2, -0.15) is 0 Å². The number of pyridine rings is 1. The second-order valence-corrected chi connectivity index (χ2v) is 6.48.